The van der Waals surface area contributed by atoms with Crippen LogP contribution in [0.1, 0.15) is 34.1 Å². The molecule has 8 nitrogen and oxygen atoms in total. The number of benzene rings is 1. The predicted octanol–water partition coefficient (Wildman–Crippen LogP) is 2.54. The summed E-state index contributed by atoms with van der Waals surface area (Å²) in [5.74, 6) is 1.40. The van der Waals surface area contributed by atoms with Gasteiger partial charge in [-0.1, -0.05) is 30.3 Å². The lowest BCUT2D eigenvalue weighted by atomic mass is 10.0. The van der Waals surface area contributed by atoms with E-state index in [1.807, 2.05) is 28.8 Å². The summed E-state index contributed by atoms with van der Waals surface area (Å²) in [5.41, 5.74) is 9.84. The van der Waals surface area contributed by atoms with Gasteiger partial charge in [0.1, 0.15) is 5.82 Å². The van der Waals surface area contributed by atoms with Crippen molar-refractivity contribution in [2.24, 2.45) is 5.73 Å². The van der Waals surface area contributed by atoms with Crippen molar-refractivity contribution in [1.82, 2.24) is 24.7 Å². The van der Waals surface area contributed by atoms with Gasteiger partial charge in [-0.2, -0.15) is 0 Å². The topological polar surface area (TPSA) is 110 Å². The van der Waals surface area contributed by atoms with Gasteiger partial charge in [0.25, 0.3) is 5.91 Å². The van der Waals surface area contributed by atoms with E-state index in [1.165, 1.54) is 5.56 Å². The lowest BCUT2D eigenvalue weighted by molar-refractivity contribution is 0.100. The smallest absolute Gasteiger partial charge is 0.250 e. The first-order valence-corrected chi connectivity index (χ1v) is 10.3. The third-order valence-corrected chi connectivity index (χ3v) is 5.56. The van der Waals surface area contributed by atoms with Crippen molar-refractivity contribution in [1.29, 1.82) is 0 Å². The van der Waals surface area contributed by atoms with E-state index in [0.29, 0.717) is 41.9 Å². The van der Waals surface area contributed by atoms with Crippen LogP contribution in [0.2, 0.25) is 0 Å². The van der Waals surface area contributed by atoms with E-state index in [4.69, 9.17) is 15.7 Å². The summed E-state index contributed by atoms with van der Waals surface area (Å²) in [6.07, 6.45) is 4.32. The van der Waals surface area contributed by atoms with Crippen LogP contribution in [0.3, 0.4) is 0 Å². The van der Waals surface area contributed by atoms with Crippen molar-refractivity contribution in [3.8, 4) is 11.6 Å². The van der Waals surface area contributed by atoms with Crippen LogP contribution in [0, 0.1) is 0 Å². The fourth-order valence-corrected chi connectivity index (χ4v) is 3.96. The number of amides is 1. The van der Waals surface area contributed by atoms with Gasteiger partial charge in [0.15, 0.2) is 11.6 Å². The molecule has 31 heavy (non-hydrogen) atoms. The number of hydrogen-bond acceptors (Lipinski definition) is 6. The quantitative estimate of drug-likeness (QED) is 0.464. The maximum atomic E-state index is 11.8. The van der Waals surface area contributed by atoms with Crippen LogP contribution in [-0.4, -0.2) is 31.3 Å². The highest BCUT2D eigenvalue weighted by Crippen LogP contribution is 2.27. The number of imidazole rings is 1. The molecule has 4 heterocycles. The number of aromatic nitrogens is 4. The van der Waals surface area contributed by atoms with Crippen LogP contribution in [0.25, 0.3) is 17.2 Å². The van der Waals surface area contributed by atoms with Crippen molar-refractivity contribution in [2.75, 3.05) is 5.32 Å². The molecule has 0 fully saturated rings. The Morgan fingerprint density at radius 3 is 2.87 bits per heavy atom. The number of rotatable bonds is 5. The average molecular weight is 413 g/mol. The van der Waals surface area contributed by atoms with Gasteiger partial charge >= 0.3 is 0 Å². The normalized spacial score (nSPS) is 15.6. The Bertz CT molecular complexity index is 1270. The third kappa shape index (κ3) is 3.62. The summed E-state index contributed by atoms with van der Waals surface area (Å²) in [7, 11) is 0. The Labute approximate surface area is 179 Å². The number of carbonyl (C=O) groups is 1. The highest BCUT2D eigenvalue weighted by Gasteiger charge is 2.23. The largest absolute Gasteiger partial charge is 0.366 e. The third-order valence-electron chi connectivity index (χ3n) is 5.56. The van der Waals surface area contributed by atoms with E-state index < -0.39 is 5.91 Å². The molecule has 1 aliphatic heterocycles. The minimum absolute atomic E-state index is 0.351. The Kier molecular flexibility index (Phi) is 4.83. The minimum atomic E-state index is -0.494. The molecule has 8 heteroatoms. The molecule has 1 aromatic carbocycles. The highest BCUT2D eigenvalue weighted by atomic mass is 16.1. The summed E-state index contributed by atoms with van der Waals surface area (Å²) in [6, 6.07) is 14.0. The van der Waals surface area contributed by atoms with Gasteiger partial charge < -0.3 is 16.4 Å². The zero-order valence-corrected chi connectivity index (χ0v) is 17.2. The Balaban J connectivity index is 1.59. The van der Waals surface area contributed by atoms with Crippen molar-refractivity contribution >= 4 is 17.2 Å². The second kappa shape index (κ2) is 7.81. The number of carbonyl (C=O) groups excluding carboxylic acids is 1. The highest BCUT2D eigenvalue weighted by molar-refractivity contribution is 5.99. The maximum Gasteiger partial charge on any atom is 0.250 e. The molecular weight excluding hydrogens is 390 g/mol. The van der Waals surface area contributed by atoms with Crippen LogP contribution >= 0.6 is 0 Å². The van der Waals surface area contributed by atoms with E-state index in [-0.39, 0.29) is 0 Å². The number of anilines is 1. The fraction of sp³-hybridized carbons (Fsp3) is 0.217. The molecular formula is C23H23N7O. The molecule has 0 bridgehead atoms. The monoisotopic (exact) mass is 413 g/mol. The Morgan fingerprint density at radius 2 is 2.06 bits per heavy atom. The van der Waals surface area contributed by atoms with Crippen LogP contribution in [0.5, 0.6) is 0 Å². The van der Waals surface area contributed by atoms with Crippen LogP contribution < -0.4 is 16.4 Å². The van der Waals surface area contributed by atoms with Crippen molar-refractivity contribution in [2.45, 2.75) is 32.5 Å². The van der Waals surface area contributed by atoms with Crippen LogP contribution in [0.15, 0.2) is 54.9 Å². The van der Waals surface area contributed by atoms with Gasteiger partial charge in [-0.25, -0.2) is 15.0 Å². The number of nitrogens with one attached hydrogen (secondary N) is 2. The molecule has 1 unspecified atom stereocenters. The lowest BCUT2D eigenvalue weighted by Gasteiger charge is -2.25. The van der Waals surface area contributed by atoms with Gasteiger partial charge in [-0.05, 0) is 31.0 Å². The number of pyridine rings is 1. The molecule has 0 aliphatic carbocycles. The molecule has 0 saturated carbocycles. The molecule has 1 atom stereocenters. The predicted molar refractivity (Wildman–Crippen MR) is 119 cm³/mol. The van der Waals surface area contributed by atoms with E-state index in [1.54, 1.807) is 18.3 Å². The van der Waals surface area contributed by atoms with E-state index in [2.05, 4.69) is 34.7 Å². The second-order valence-corrected chi connectivity index (χ2v) is 7.77. The number of hydrogen-bond donors (Lipinski definition) is 3. The van der Waals surface area contributed by atoms with Crippen LogP contribution in [-0.2, 0) is 19.5 Å². The van der Waals surface area contributed by atoms with Crippen molar-refractivity contribution in [3.05, 3.63) is 77.2 Å². The molecule has 0 saturated heterocycles. The van der Waals surface area contributed by atoms with E-state index in [0.717, 1.165) is 23.5 Å². The summed E-state index contributed by atoms with van der Waals surface area (Å²) in [5, 5.41) is 6.97. The Morgan fingerprint density at radius 1 is 1.23 bits per heavy atom. The molecule has 4 N–H and O–H groups in total. The number of nitrogens with two attached hydrogens (primary N) is 1. The molecule has 3 aromatic heterocycles. The molecule has 0 radical (unpaired) electrons. The van der Waals surface area contributed by atoms with Crippen molar-refractivity contribution < 1.29 is 4.79 Å². The van der Waals surface area contributed by atoms with Gasteiger partial charge in [0.2, 0.25) is 0 Å². The molecule has 156 valence electrons. The number of fused-ring (bicyclic) bond motifs is 2. The lowest BCUT2D eigenvalue weighted by Crippen LogP contribution is -2.34. The number of primary amides is 1. The average Bonchev–Trinajstić information content (AvgIpc) is 3.22. The van der Waals surface area contributed by atoms with Gasteiger partial charge in [-0.3, -0.25) is 9.20 Å². The maximum absolute atomic E-state index is 11.8. The molecule has 1 aliphatic rings. The first-order chi connectivity index (χ1) is 15.1. The summed E-state index contributed by atoms with van der Waals surface area (Å²) in [6.45, 7) is 3.49. The molecule has 5 rings (SSSR count). The summed E-state index contributed by atoms with van der Waals surface area (Å²) in [4.78, 5) is 26.0. The van der Waals surface area contributed by atoms with Gasteiger partial charge in [0, 0.05) is 30.9 Å². The zero-order valence-electron chi connectivity index (χ0n) is 17.2. The fourth-order valence-electron chi connectivity index (χ4n) is 3.96. The molecule has 0 spiro atoms. The standard InChI is InChI=1S/C23H23N7O/c1-14-10-17-18(12-25-14)28-22(29-21(17)26-11-15-6-3-2-4-7-15)23-27-13-19-16(20(24)31)8-5-9-30(19)23/h2-9,13-14,25H,10-12H2,1H3,(H2,24,31)(H,26,28,29). The zero-order chi connectivity index (χ0) is 21.4. The first kappa shape index (κ1) is 19.2. The Hall–Kier alpha value is -3.78. The van der Waals surface area contributed by atoms with Crippen molar-refractivity contribution in [3.63, 3.8) is 0 Å². The van der Waals surface area contributed by atoms with E-state index in [9.17, 15) is 4.79 Å². The second-order valence-electron chi connectivity index (χ2n) is 7.77. The number of nitrogens with zero attached hydrogens (tertiary/aromatic N) is 4. The minimum Gasteiger partial charge on any atom is -0.366 e. The van der Waals surface area contributed by atoms with E-state index >= 15 is 0 Å². The summed E-state index contributed by atoms with van der Waals surface area (Å²) >= 11 is 0. The van der Waals surface area contributed by atoms with Gasteiger partial charge in [-0.15, -0.1) is 0 Å². The summed E-state index contributed by atoms with van der Waals surface area (Å²) < 4.78 is 1.81. The first-order valence-electron chi connectivity index (χ1n) is 10.3. The molecule has 1 amide bonds. The van der Waals surface area contributed by atoms with Crippen LogP contribution in [0.4, 0.5) is 5.82 Å². The van der Waals surface area contributed by atoms with Gasteiger partial charge in [0.05, 0.1) is 23.0 Å². The molecule has 4 aromatic rings. The SMILES string of the molecule is CC1Cc2c(nc(-c3ncc4c(C(N)=O)cccn34)nc2NCc2ccccc2)CN1.